The lowest BCUT2D eigenvalue weighted by atomic mass is 10.0. The van der Waals surface area contributed by atoms with E-state index in [1.54, 1.807) is 24.3 Å². The highest BCUT2D eigenvalue weighted by atomic mass is 32.2. The van der Waals surface area contributed by atoms with E-state index < -0.39 is 5.82 Å². The molecule has 0 fully saturated rings. The van der Waals surface area contributed by atoms with Crippen LogP contribution >= 0.6 is 11.8 Å². The lowest BCUT2D eigenvalue weighted by molar-refractivity contribution is 0.0984. The lowest BCUT2D eigenvalue weighted by Gasteiger charge is -2.17. The molecule has 0 saturated heterocycles. The minimum absolute atomic E-state index is 0.0594. The van der Waals surface area contributed by atoms with Gasteiger partial charge in [0, 0.05) is 28.3 Å². The van der Waals surface area contributed by atoms with Crippen LogP contribution in [-0.2, 0) is 0 Å². The molecule has 1 aliphatic rings. The van der Waals surface area contributed by atoms with E-state index in [0.717, 1.165) is 0 Å². The number of amides is 1. The Bertz CT molecular complexity index is 730. The summed E-state index contributed by atoms with van der Waals surface area (Å²) in [4.78, 5) is 24.9. The Morgan fingerprint density at radius 3 is 2.81 bits per heavy atom. The van der Waals surface area contributed by atoms with Gasteiger partial charge >= 0.3 is 0 Å². The van der Waals surface area contributed by atoms with Gasteiger partial charge in [0.05, 0.1) is 5.56 Å². The van der Waals surface area contributed by atoms with E-state index >= 15 is 0 Å². The van der Waals surface area contributed by atoms with E-state index in [2.05, 4.69) is 5.32 Å². The Labute approximate surface area is 125 Å². The summed E-state index contributed by atoms with van der Waals surface area (Å²) in [5.74, 6) is -0.00735. The summed E-state index contributed by atoms with van der Waals surface area (Å²) in [5.41, 5.74) is 1.44. The minimum Gasteiger partial charge on any atom is -0.322 e. The third kappa shape index (κ3) is 2.83. The molecule has 106 valence electrons. The maximum absolute atomic E-state index is 13.1. The molecule has 0 aliphatic carbocycles. The maximum Gasteiger partial charge on any atom is 0.256 e. The summed E-state index contributed by atoms with van der Waals surface area (Å²) in [6, 6.07) is 10.8. The van der Waals surface area contributed by atoms with Crippen LogP contribution in [0.2, 0.25) is 0 Å². The fourth-order valence-corrected chi connectivity index (χ4v) is 3.38. The third-order valence-corrected chi connectivity index (χ3v) is 4.35. The number of benzene rings is 2. The van der Waals surface area contributed by atoms with Crippen LogP contribution < -0.4 is 5.32 Å². The van der Waals surface area contributed by atoms with E-state index in [0.29, 0.717) is 33.9 Å². The summed E-state index contributed by atoms with van der Waals surface area (Å²) in [5, 5.41) is 2.66. The Morgan fingerprint density at radius 1 is 1.19 bits per heavy atom. The Hall–Kier alpha value is -2.14. The van der Waals surface area contributed by atoms with Crippen LogP contribution in [0.4, 0.5) is 10.1 Å². The number of fused-ring (bicyclic) bond motifs is 1. The molecule has 3 rings (SSSR count). The molecule has 1 aliphatic heterocycles. The first-order chi connectivity index (χ1) is 10.1. The first-order valence-electron chi connectivity index (χ1n) is 6.51. The number of thioether (sulfide) groups is 1. The summed E-state index contributed by atoms with van der Waals surface area (Å²) in [6.07, 6.45) is 0.493. The van der Waals surface area contributed by atoms with Crippen LogP contribution in [0.3, 0.4) is 0 Å². The molecule has 1 amide bonds. The molecule has 0 spiro atoms. The largest absolute Gasteiger partial charge is 0.322 e. The van der Waals surface area contributed by atoms with Crippen molar-refractivity contribution in [3.05, 3.63) is 59.4 Å². The molecule has 0 saturated carbocycles. The molecule has 1 heterocycles. The highest BCUT2D eigenvalue weighted by Crippen LogP contribution is 2.33. The van der Waals surface area contributed by atoms with E-state index in [9.17, 15) is 14.0 Å². The molecule has 3 nitrogen and oxygen atoms in total. The highest BCUT2D eigenvalue weighted by molar-refractivity contribution is 7.99. The van der Waals surface area contributed by atoms with Crippen LogP contribution in [0.15, 0.2) is 47.4 Å². The molecular weight excluding hydrogens is 289 g/mol. The molecule has 2 aromatic carbocycles. The van der Waals surface area contributed by atoms with Crippen molar-refractivity contribution in [1.29, 1.82) is 0 Å². The van der Waals surface area contributed by atoms with E-state index in [-0.39, 0.29) is 11.7 Å². The fourth-order valence-electron chi connectivity index (χ4n) is 2.24. The summed E-state index contributed by atoms with van der Waals surface area (Å²) < 4.78 is 13.1. The van der Waals surface area contributed by atoms with Gasteiger partial charge in [-0.2, -0.15) is 0 Å². The number of hydrogen-bond donors (Lipinski definition) is 1. The Balaban J connectivity index is 1.92. The second-order valence-electron chi connectivity index (χ2n) is 4.67. The number of ketones is 1. The lowest BCUT2D eigenvalue weighted by Crippen LogP contribution is -2.17. The van der Waals surface area contributed by atoms with Crippen molar-refractivity contribution in [1.82, 2.24) is 0 Å². The second-order valence-corrected chi connectivity index (χ2v) is 5.77. The van der Waals surface area contributed by atoms with Crippen molar-refractivity contribution in [2.24, 2.45) is 0 Å². The average Bonchev–Trinajstić information content (AvgIpc) is 2.47. The van der Waals surface area contributed by atoms with E-state index in [1.165, 1.54) is 30.0 Å². The van der Waals surface area contributed by atoms with Gasteiger partial charge < -0.3 is 5.32 Å². The standard InChI is InChI=1S/C16H12FNO2S/c17-10-3-1-4-11(9-10)18-16(20)13-6-2-5-12-14(19)7-8-21-15(12)13/h1-6,9H,7-8H2,(H,18,20). The van der Waals surface area contributed by atoms with Gasteiger partial charge in [0.25, 0.3) is 5.91 Å². The van der Waals surface area contributed by atoms with Crippen LogP contribution in [-0.4, -0.2) is 17.4 Å². The third-order valence-electron chi connectivity index (χ3n) is 3.22. The molecular formula is C16H12FNO2S. The maximum atomic E-state index is 13.1. The van der Waals surface area contributed by atoms with Crippen LogP contribution in [0, 0.1) is 5.82 Å². The molecule has 0 atom stereocenters. The molecule has 1 N–H and O–H groups in total. The van der Waals surface area contributed by atoms with Crippen molar-refractivity contribution in [3.8, 4) is 0 Å². The van der Waals surface area contributed by atoms with E-state index in [1.807, 2.05) is 0 Å². The number of carbonyl (C=O) groups excluding carboxylic acids is 2. The molecule has 21 heavy (non-hydrogen) atoms. The van der Waals surface area contributed by atoms with Crippen molar-refractivity contribution in [2.75, 3.05) is 11.1 Å². The number of hydrogen-bond acceptors (Lipinski definition) is 3. The van der Waals surface area contributed by atoms with Gasteiger partial charge in [-0.25, -0.2) is 4.39 Å². The van der Waals surface area contributed by atoms with Gasteiger partial charge in [0.1, 0.15) is 5.82 Å². The van der Waals surface area contributed by atoms with Gasteiger partial charge in [-0.3, -0.25) is 9.59 Å². The van der Waals surface area contributed by atoms with Gasteiger partial charge in [-0.15, -0.1) is 11.8 Å². The number of Topliss-reactive ketones (excluding diaryl/α,β-unsaturated/α-hetero) is 1. The Morgan fingerprint density at radius 2 is 2.00 bits per heavy atom. The number of halogens is 1. The fraction of sp³-hybridized carbons (Fsp3) is 0.125. The predicted octanol–water partition coefficient (Wildman–Crippen LogP) is 3.76. The molecule has 5 heteroatoms. The zero-order valence-electron chi connectivity index (χ0n) is 11.1. The molecule has 0 unspecified atom stereocenters. The number of rotatable bonds is 2. The van der Waals surface area contributed by atoms with Gasteiger partial charge in [0.2, 0.25) is 0 Å². The van der Waals surface area contributed by atoms with Gasteiger partial charge in [-0.05, 0) is 24.3 Å². The average molecular weight is 301 g/mol. The van der Waals surface area contributed by atoms with Crippen molar-refractivity contribution in [2.45, 2.75) is 11.3 Å². The number of carbonyl (C=O) groups is 2. The van der Waals surface area contributed by atoms with Crippen LogP contribution in [0.1, 0.15) is 27.1 Å². The smallest absolute Gasteiger partial charge is 0.256 e. The van der Waals surface area contributed by atoms with Crippen molar-refractivity contribution >= 4 is 29.1 Å². The quantitative estimate of drug-likeness (QED) is 0.918. The summed E-state index contributed by atoms with van der Waals surface area (Å²) in [7, 11) is 0. The number of anilines is 1. The minimum atomic E-state index is -0.410. The summed E-state index contributed by atoms with van der Waals surface area (Å²) in [6.45, 7) is 0. The monoisotopic (exact) mass is 301 g/mol. The molecule has 0 aromatic heterocycles. The topological polar surface area (TPSA) is 46.2 Å². The SMILES string of the molecule is O=C1CCSc2c1cccc2C(=O)Nc1cccc(F)c1. The predicted molar refractivity (Wildman–Crippen MR) is 80.5 cm³/mol. The molecule has 0 radical (unpaired) electrons. The first-order valence-corrected chi connectivity index (χ1v) is 7.49. The zero-order valence-corrected chi connectivity index (χ0v) is 11.9. The molecule has 0 bridgehead atoms. The van der Waals surface area contributed by atoms with Crippen LogP contribution in [0.25, 0.3) is 0 Å². The van der Waals surface area contributed by atoms with Crippen molar-refractivity contribution in [3.63, 3.8) is 0 Å². The normalized spacial score (nSPS) is 13.7. The Kier molecular flexibility index (Phi) is 3.75. The van der Waals surface area contributed by atoms with Crippen LogP contribution in [0.5, 0.6) is 0 Å². The first kappa shape index (κ1) is 13.8. The highest BCUT2D eigenvalue weighted by Gasteiger charge is 2.23. The van der Waals surface area contributed by atoms with E-state index in [4.69, 9.17) is 0 Å². The summed E-state index contributed by atoms with van der Waals surface area (Å²) >= 11 is 1.51. The second kappa shape index (κ2) is 5.69. The van der Waals surface area contributed by atoms with Crippen molar-refractivity contribution < 1.29 is 14.0 Å². The zero-order chi connectivity index (χ0) is 14.8. The van der Waals surface area contributed by atoms with Gasteiger partial charge in [-0.1, -0.05) is 18.2 Å². The van der Waals surface area contributed by atoms with Gasteiger partial charge in [0.15, 0.2) is 5.78 Å². The molecule has 2 aromatic rings. The number of nitrogens with one attached hydrogen (secondary N) is 1.